The first-order valence-corrected chi connectivity index (χ1v) is 4.52. The third kappa shape index (κ3) is 5.34. The SMILES string of the molecule is NC(=S)CC(CC(N)=S)C(N)=S. The second kappa shape index (κ2) is 5.34. The molecule has 0 spiro atoms. The van der Waals surface area contributed by atoms with E-state index < -0.39 is 0 Å². The van der Waals surface area contributed by atoms with E-state index in [1.54, 1.807) is 0 Å². The minimum atomic E-state index is -0.0880. The van der Waals surface area contributed by atoms with Gasteiger partial charge in [-0.3, -0.25) is 0 Å². The molecule has 3 nitrogen and oxygen atoms in total. The third-order valence-corrected chi connectivity index (χ3v) is 1.96. The van der Waals surface area contributed by atoms with Crippen LogP contribution < -0.4 is 17.2 Å². The van der Waals surface area contributed by atoms with Crippen molar-refractivity contribution in [3.8, 4) is 0 Å². The van der Waals surface area contributed by atoms with Crippen molar-refractivity contribution in [1.82, 2.24) is 0 Å². The van der Waals surface area contributed by atoms with Gasteiger partial charge in [0.15, 0.2) is 0 Å². The second-order valence-corrected chi connectivity index (χ2v) is 3.96. The molecule has 0 bridgehead atoms. The Morgan fingerprint density at radius 1 is 0.917 bits per heavy atom. The molecular formula is C6H11N3S3. The van der Waals surface area contributed by atoms with Gasteiger partial charge in [-0.1, -0.05) is 36.7 Å². The Labute approximate surface area is 87.7 Å². The van der Waals surface area contributed by atoms with Crippen molar-refractivity contribution in [2.45, 2.75) is 12.8 Å². The summed E-state index contributed by atoms with van der Waals surface area (Å²) in [6, 6.07) is 0. The van der Waals surface area contributed by atoms with Crippen LogP contribution in [-0.4, -0.2) is 15.0 Å². The molecule has 0 aliphatic rings. The van der Waals surface area contributed by atoms with E-state index in [9.17, 15) is 0 Å². The molecule has 0 saturated carbocycles. The molecule has 68 valence electrons. The molecule has 0 aromatic carbocycles. The number of thiocarbonyl (C=S) groups is 3. The Kier molecular flexibility index (Phi) is 5.19. The summed E-state index contributed by atoms with van der Waals surface area (Å²) in [5.41, 5.74) is 16.1. The highest BCUT2D eigenvalue weighted by molar-refractivity contribution is 7.81. The summed E-state index contributed by atoms with van der Waals surface area (Å²) in [5, 5.41) is 0. The Morgan fingerprint density at radius 2 is 1.25 bits per heavy atom. The first kappa shape index (κ1) is 11.7. The van der Waals surface area contributed by atoms with Crippen molar-refractivity contribution in [2.75, 3.05) is 0 Å². The summed E-state index contributed by atoms with van der Waals surface area (Å²) in [6.45, 7) is 0. The molecule has 0 amide bonds. The van der Waals surface area contributed by atoms with E-state index in [4.69, 9.17) is 53.9 Å². The van der Waals surface area contributed by atoms with E-state index >= 15 is 0 Å². The van der Waals surface area contributed by atoms with Crippen LogP contribution in [0.25, 0.3) is 0 Å². The van der Waals surface area contributed by atoms with Crippen LogP contribution in [-0.2, 0) is 0 Å². The smallest absolute Gasteiger partial charge is 0.0767 e. The minimum absolute atomic E-state index is 0.0880. The minimum Gasteiger partial charge on any atom is -0.393 e. The average Bonchev–Trinajstić information content (AvgIpc) is 1.83. The number of nitrogens with two attached hydrogens (primary N) is 3. The van der Waals surface area contributed by atoms with Crippen LogP contribution in [0.15, 0.2) is 0 Å². The lowest BCUT2D eigenvalue weighted by Gasteiger charge is -2.12. The van der Waals surface area contributed by atoms with Crippen molar-refractivity contribution in [1.29, 1.82) is 0 Å². The van der Waals surface area contributed by atoms with Gasteiger partial charge in [0.1, 0.15) is 0 Å². The van der Waals surface area contributed by atoms with Gasteiger partial charge in [0.05, 0.1) is 15.0 Å². The summed E-state index contributed by atoms with van der Waals surface area (Å²) >= 11 is 14.2. The molecule has 0 unspecified atom stereocenters. The Bertz CT molecular complexity index is 198. The molecule has 6 heteroatoms. The van der Waals surface area contributed by atoms with Gasteiger partial charge in [0, 0.05) is 18.8 Å². The normalized spacial score (nSPS) is 9.75. The topological polar surface area (TPSA) is 78.1 Å². The first-order chi connectivity index (χ1) is 5.43. The molecule has 0 heterocycles. The zero-order chi connectivity index (χ0) is 9.72. The van der Waals surface area contributed by atoms with Crippen LogP contribution in [0.4, 0.5) is 0 Å². The maximum absolute atomic E-state index is 5.43. The summed E-state index contributed by atoms with van der Waals surface area (Å²) in [4.78, 5) is 1.11. The van der Waals surface area contributed by atoms with Crippen molar-refractivity contribution < 1.29 is 0 Å². The molecule has 0 atom stereocenters. The molecule has 0 radical (unpaired) electrons. The fraction of sp³-hybridized carbons (Fsp3) is 0.500. The standard InChI is InChI=1S/C6H11N3S3/c7-4(10)1-3(6(9)12)2-5(8)11/h3H,1-2H2,(H2,7,10)(H2,8,11)(H2,9,12). The highest BCUT2D eigenvalue weighted by atomic mass is 32.1. The van der Waals surface area contributed by atoms with Gasteiger partial charge >= 0.3 is 0 Å². The lowest BCUT2D eigenvalue weighted by atomic mass is 10.0. The van der Waals surface area contributed by atoms with E-state index in [1.165, 1.54) is 0 Å². The first-order valence-electron chi connectivity index (χ1n) is 3.29. The fourth-order valence-corrected chi connectivity index (χ4v) is 1.33. The Hall–Kier alpha value is -0.330. The molecule has 0 aromatic rings. The molecule has 0 fully saturated rings. The molecule has 0 saturated heterocycles. The highest BCUT2D eigenvalue weighted by Gasteiger charge is 2.13. The Balaban J connectivity index is 4.14. The van der Waals surface area contributed by atoms with Gasteiger partial charge in [-0.15, -0.1) is 0 Å². The van der Waals surface area contributed by atoms with Gasteiger partial charge < -0.3 is 17.2 Å². The fourth-order valence-electron chi connectivity index (χ4n) is 0.759. The van der Waals surface area contributed by atoms with Crippen molar-refractivity contribution in [3.05, 3.63) is 0 Å². The van der Waals surface area contributed by atoms with E-state index in [2.05, 4.69) is 0 Å². The molecule has 0 aromatic heterocycles. The van der Waals surface area contributed by atoms with E-state index in [1.807, 2.05) is 0 Å². The lowest BCUT2D eigenvalue weighted by Crippen LogP contribution is -2.29. The van der Waals surface area contributed by atoms with E-state index in [0.717, 1.165) is 0 Å². The summed E-state index contributed by atoms with van der Waals surface area (Å²) in [5.74, 6) is -0.0880. The number of hydrogen-bond donors (Lipinski definition) is 3. The van der Waals surface area contributed by atoms with E-state index in [0.29, 0.717) is 27.8 Å². The van der Waals surface area contributed by atoms with Crippen LogP contribution >= 0.6 is 36.7 Å². The monoisotopic (exact) mass is 221 g/mol. The predicted octanol–water partition coefficient (Wildman–Crippen LogP) is 0.241. The summed E-state index contributed by atoms with van der Waals surface area (Å²) in [7, 11) is 0. The Morgan fingerprint density at radius 3 is 1.42 bits per heavy atom. The van der Waals surface area contributed by atoms with Gasteiger partial charge in [0.25, 0.3) is 0 Å². The largest absolute Gasteiger partial charge is 0.393 e. The average molecular weight is 221 g/mol. The van der Waals surface area contributed by atoms with Crippen LogP contribution in [0.1, 0.15) is 12.8 Å². The predicted molar refractivity (Wildman–Crippen MR) is 63.1 cm³/mol. The highest BCUT2D eigenvalue weighted by Crippen LogP contribution is 2.09. The second-order valence-electron chi connectivity index (χ2n) is 2.44. The zero-order valence-electron chi connectivity index (χ0n) is 6.45. The van der Waals surface area contributed by atoms with Crippen LogP contribution in [0, 0.1) is 5.92 Å². The number of rotatable bonds is 5. The van der Waals surface area contributed by atoms with Crippen molar-refractivity contribution in [2.24, 2.45) is 23.1 Å². The maximum Gasteiger partial charge on any atom is 0.0767 e. The molecule has 12 heavy (non-hydrogen) atoms. The third-order valence-electron chi connectivity index (χ3n) is 1.30. The molecule has 0 aliphatic carbocycles. The van der Waals surface area contributed by atoms with Crippen molar-refractivity contribution >= 4 is 51.6 Å². The quantitative estimate of drug-likeness (QED) is 0.577. The molecular weight excluding hydrogens is 210 g/mol. The van der Waals surface area contributed by atoms with E-state index in [-0.39, 0.29) is 5.92 Å². The van der Waals surface area contributed by atoms with Crippen LogP contribution in [0.3, 0.4) is 0 Å². The van der Waals surface area contributed by atoms with Crippen LogP contribution in [0.5, 0.6) is 0 Å². The molecule has 0 rings (SSSR count). The summed E-state index contributed by atoms with van der Waals surface area (Å²) in [6.07, 6.45) is 0.948. The van der Waals surface area contributed by atoms with Gasteiger partial charge in [-0.25, -0.2) is 0 Å². The van der Waals surface area contributed by atoms with Gasteiger partial charge in [0.2, 0.25) is 0 Å². The van der Waals surface area contributed by atoms with Gasteiger partial charge in [-0.2, -0.15) is 0 Å². The zero-order valence-corrected chi connectivity index (χ0v) is 8.90. The van der Waals surface area contributed by atoms with Gasteiger partial charge in [-0.05, 0) is 0 Å². The summed E-state index contributed by atoms with van der Waals surface area (Å²) < 4.78 is 0. The molecule has 0 aliphatic heterocycles. The molecule has 6 N–H and O–H groups in total. The lowest BCUT2D eigenvalue weighted by molar-refractivity contribution is 0.768. The van der Waals surface area contributed by atoms with Crippen molar-refractivity contribution in [3.63, 3.8) is 0 Å². The number of hydrogen-bond acceptors (Lipinski definition) is 3. The van der Waals surface area contributed by atoms with Crippen LogP contribution in [0.2, 0.25) is 0 Å². The maximum atomic E-state index is 5.43.